The highest BCUT2D eigenvalue weighted by Gasteiger charge is 2.24. The molecule has 0 aliphatic rings. The number of hydrogen-bond donors (Lipinski definition) is 1. The zero-order valence-electron chi connectivity index (χ0n) is 14.8. The molecule has 0 saturated carbocycles. The Balaban J connectivity index is 0.00000192. The molecule has 0 saturated heterocycles. The maximum atomic E-state index is 14.3. The van der Waals surface area contributed by atoms with Gasteiger partial charge in [0.25, 0.3) is 5.52 Å². The van der Waals surface area contributed by atoms with Crippen molar-refractivity contribution in [2.75, 3.05) is 5.32 Å². The van der Waals surface area contributed by atoms with Gasteiger partial charge in [-0.15, -0.1) is 0 Å². The van der Waals surface area contributed by atoms with Crippen LogP contribution >= 0.6 is 0 Å². The van der Waals surface area contributed by atoms with E-state index in [4.69, 9.17) is 4.42 Å². The monoisotopic (exact) mass is 488 g/mol. The molecule has 0 amide bonds. The van der Waals surface area contributed by atoms with Crippen molar-refractivity contribution >= 4 is 44.3 Å². The van der Waals surface area contributed by atoms with Gasteiger partial charge in [-0.25, -0.2) is 8.78 Å². The zero-order valence-corrected chi connectivity index (χ0v) is 17.0. The van der Waals surface area contributed by atoms with E-state index in [-0.39, 0.29) is 29.7 Å². The van der Waals surface area contributed by atoms with Gasteiger partial charge in [0.05, 0.1) is 16.5 Å². The predicted octanol–water partition coefficient (Wildman–Crippen LogP) is 2.59. The van der Waals surface area contributed by atoms with Gasteiger partial charge in [0.2, 0.25) is 11.1 Å². The number of rotatable bonds is 2. The molecule has 0 aliphatic carbocycles. The fourth-order valence-corrected chi connectivity index (χ4v) is 3.60. The molecular weight excluding hydrogens is 473 g/mol. The first-order chi connectivity index (χ1) is 13.1. The van der Waals surface area contributed by atoms with Crippen LogP contribution in [0.2, 0.25) is 0 Å². The van der Waals surface area contributed by atoms with Crippen molar-refractivity contribution in [2.24, 2.45) is 7.05 Å². The third-order valence-electron chi connectivity index (χ3n) is 4.86. The molecule has 6 heteroatoms. The molecule has 2 heterocycles. The first-order valence-electron chi connectivity index (χ1n) is 8.57. The fraction of sp³-hybridized carbons (Fsp3) is 0.0455. The van der Waals surface area contributed by atoms with E-state index in [9.17, 15) is 8.78 Å². The molecule has 0 unspecified atom stereocenters. The normalized spacial score (nSPS) is 11.1. The smallest absolute Gasteiger partial charge is 0.261 e. The van der Waals surface area contributed by atoms with Crippen LogP contribution in [0, 0.1) is 11.6 Å². The molecular formula is C22H15F2IN2O. The van der Waals surface area contributed by atoms with Crippen LogP contribution in [-0.4, -0.2) is 0 Å². The van der Waals surface area contributed by atoms with E-state index >= 15 is 0 Å². The van der Waals surface area contributed by atoms with Gasteiger partial charge in [0.15, 0.2) is 0 Å². The average Bonchev–Trinajstić information content (AvgIpc) is 3.06. The zero-order chi connectivity index (χ0) is 18.5. The number of para-hydroxylation sites is 2. The van der Waals surface area contributed by atoms with Crippen molar-refractivity contribution in [3.63, 3.8) is 0 Å². The Kier molecular flexibility index (Phi) is 4.66. The first-order valence-corrected chi connectivity index (χ1v) is 8.57. The summed E-state index contributed by atoms with van der Waals surface area (Å²) in [5.41, 5.74) is 4.11. The van der Waals surface area contributed by atoms with Gasteiger partial charge in [-0.3, -0.25) is 0 Å². The summed E-state index contributed by atoms with van der Waals surface area (Å²) in [6.45, 7) is 0. The number of nitrogens with zero attached hydrogens (tertiary/aromatic N) is 1. The van der Waals surface area contributed by atoms with E-state index in [0.29, 0.717) is 11.3 Å². The Bertz CT molecular complexity index is 1350. The number of hydrogen-bond acceptors (Lipinski definition) is 2. The Morgan fingerprint density at radius 1 is 0.893 bits per heavy atom. The second kappa shape index (κ2) is 7.01. The Morgan fingerprint density at radius 3 is 2.39 bits per heavy atom. The van der Waals surface area contributed by atoms with Crippen LogP contribution in [0.4, 0.5) is 20.2 Å². The summed E-state index contributed by atoms with van der Waals surface area (Å²) >= 11 is 0. The van der Waals surface area contributed by atoms with Crippen LogP contribution in [-0.2, 0) is 7.05 Å². The van der Waals surface area contributed by atoms with Crippen molar-refractivity contribution in [2.45, 2.75) is 0 Å². The molecule has 28 heavy (non-hydrogen) atoms. The highest BCUT2D eigenvalue weighted by Crippen LogP contribution is 2.37. The summed E-state index contributed by atoms with van der Waals surface area (Å²) in [6.07, 6.45) is 0. The molecule has 0 radical (unpaired) electrons. The Labute approximate surface area is 176 Å². The third kappa shape index (κ3) is 2.79. The lowest BCUT2D eigenvalue weighted by atomic mass is 10.1. The molecule has 0 aliphatic heterocycles. The van der Waals surface area contributed by atoms with Gasteiger partial charge >= 0.3 is 0 Å². The standard InChI is InChI=1S/C22H14F2N2O.HI/c1-26-18-8-4-2-6-14(18)20(25-17-11-10-13(23)12-16(17)24)22-21(26)15-7-3-5-9-19(15)27-22;/h2-12H,1H3;1H. The lowest BCUT2D eigenvalue weighted by molar-refractivity contribution is -0.616. The topological polar surface area (TPSA) is 29.1 Å². The third-order valence-corrected chi connectivity index (χ3v) is 4.86. The van der Waals surface area contributed by atoms with Gasteiger partial charge < -0.3 is 33.7 Å². The molecule has 3 aromatic carbocycles. The molecule has 0 atom stereocenters. The van der Waals surface area contributed by atoms with Crippen LogP contribution in [0.1, 0.15) is 0 Å². The first kappa shape index (κ1) is 18.6. The summed E-state index contributed by atoms with van der Waals surface area (Å²) in [4.78, 5) is 0. The van der Waals surface area contributed by atoms with Gasteiger partial charge in [0, 0.05) is 12.1 Å². The van der Waals surface area contributed by atoms with Crippen molar-refractivity contribution in [1.29, 1.82) is 0 Å². The van der Waals surface area contributed by atoms with E-state index in [1.807, 2.05) is 55.6 Å². The maximum absolute atomic E-state index is 14.3. The number of furan rings is 1. The van der Waals surface area contributed by atoms with Gasteiger partial charge in [0.1, 0.15) is 30.0 Å². The van der Waals surface area contributed by atoms with Crippen LogP contribution < -0.4 is 33.9 Å². The molecule has 1 N–H and O–H groups in total. The minimum absolute atomic E-state index is 0. The van der Waals surface area contributed by atoms with Crippen LogP contribution in [0.3, 0.4) is 0 Å². The van der Waals surface area contributed by atoms with Crippen molar-refractivity contribution in [3.8, 4) is 0 Å². The summed E-state index contributed by atoms with van der Waals surface area (Å²) in [6, 6.07) is 19.1. The Morgan fingerprint density at radius 2 is 1.61 bits per heavy atom. The number of aryl methyl sites for hydroxylation is 1. The van der Waals surface area contributed by atoms with E-state index < -0.39 is 11.6 Å². The predicted molar refractivity (Wildman–Crippen MR) is 102 cm³/mol. The van der Waals surface area contributed by atoms with Crippen LogP contribution in [0.25, 0.3) is 33.0 Å². The lowest BCUT2D eigenvalue weighted by Gasteiger charge is -2.10. The number of halogens is 3. The quantitative estimate of drug-likeness (QED) is 0.306. The molecule has 3 nitrogen and oxygen atoms in total. The van der Waals surface area contributed by atoms with E-state index in [2.05, 4.69) is 9.88 Å². The Hall–Kier alpha value is -2.74. The summed E-state index contributed by atoms with van der Waals surface area (Å²) < 4.78 is 35.8. The summed E-state index contributed by atoms with van der Waals surface area (Å²) in [7, 11) is 1.98. The molecule has 0 spiro atoms. The molecule has 0 fully saturated rings. The van der Waals surface area contributed by atoms with Crippen molar-refractivity contribution < 1.29 is 41.7 Å². The largest absolute Gasteiger partial charge is 1.00 e. The number of fused-ring (bicyclic) bond motifs is 4. The van der Waals surface area contributed by atoms with Crippen LogP contribution in [0.5, 0.6) is 0 Å². The highest BCUT2D eigenvalue weighted by molar-refractivity contribution is 6.11. The fourth-order valence-electron chi connectivity index (χ4n) is 3.60. The number of nitrogens with one attached hydrogen (secondary N) is 1. The summed E-state index contributed by atoms with van der Waals surface area (Å²) in [5, 5.41) is 4.98. The van der Waals surface area contributed by atoms with E-state index in [1.54, 1.807) is 0 Å². The van der Waals surface area contributed by atoms with Crippen molar-refractivity contribution in [3.05, 3.63) is 78.4 Å². The SMILES string of the molecule is C[n+]1c2ccccc2c(Nc2ccc(F)cc2F)c2oc3ccccc3c21.[I-]. The van der Waals surface area contributed by atoms with Crippen molar-refractivity contribution in [1.82, 2.24) is 0 Å². The van der Waals surface area contributed by atoms with Gasteiger partial charge in [-0.05, 0) is 30.3 Å². The second-order valence-corrected chi connectivity index (χ2v) is 6.48. The number of benzene rings is 3. The number of anilines is 2. The van der Waals surface area contributed by atoms with Gasteiger partial charge in [-0.2, -0.15) is 4.57 Å². The minimum atomic E-state index is -0.656. The molecule has 2 aromatic heterocycles. The lowest BCUT2D eigenvalue weighted by Crippen LogP contribution is -3.00. The van der Waals surface area contributed by atoms with E-state index in [0.717, 1.165) is 33.5 Å². The molecule has 5 aromatic rings. The second-order valence-electron chi connectivity index (χ2n) is 6.48. The average molecular weight is 488 g/mol. The molecule has 0 bridgehead atoms. The van der Waals surface area contributed by atoms with Crippen LogP contribution in [0.15, 0.2) is 71.1 Å². The molecule has 5 rings (SSSR count). The van der Waals surface area contributed by atoms with E-state index in [1.165, 1.54) is 12.1 Å². The molecule has 140 valence electrons. The summed E-state index contributed by atoms with van der Waals surface area (Å²) in [5.74, 6) is -1.27. The number of aromatic nitrogens is 1. The maximum Gasteiger partial charge on any atom is 0.261 e. The minimum Gasteiger partial charge on any atom is -1.00 e. The highest BCUT2D eigenvalue weighted by atomic mass is 127. The number of pyridine rings is 1. The van der Waals surface area contributed by atoms with Gasteiger partial charge in [-0.1, -0.05) is 24.3 Å².